The van der Waals surface area contributed by atoms with Crippen LogP contribution in [-0.2, 0) is 14.1 Å². The second kappa shape index (κ2) is 11.6. The minimum atomic E-state index is -0.0518. The van der Waals surface area contributed by atoms with Crippen LogP contribution in [0.25, 0.3) is 88.1 Å². The van der Waals surface area contributed by atoms with E-state index in [2.05, 4.69) is 81.9 Å². The third kappa shape index (κ3) is 4.61. The first kappa shape index (κ1) is 29.6. The van der Waals surface area contributed by atoms with E-state index in [4.69, 9.17) is 0 Å². The van der Waals surface area contributed by atoms with Gasteiger partial charge < -0.3 is 9.13 Å². The maximum atomic E-state index is 14.8. The molecule has 238 valence electrons. The van der Waals surface area contributed by atoms with Crippen LogP contribution in [0.1, 0.15) is 0 Å². The molecule has 9 aromatic rings. The van der Waals surface area contributed by atoms with E-state index >= 15 is 0 Å². The molecule has 0 bridgehead atoms. The zero-order valence-electron chi connectivity index (χ0n) is 27.7. The van der Waals surface area contributed by atoms with Crippen LogP contribution in [0.2, 0.25) is 0 Å². The molecule has 0 saturated heterocycles. The third-order valence-electron chi connectivity index (χ3n) is 10.1. The van der Waals surface area contributed by atoms with Gasteiger partial charge in [-0.15, -0.1) is 0 Å². The van der Waals surface area contributed by atoms with E-state index in [1.807, 2.05) is 99.0 Å². The number of aromatic nitrogens is 2. The first-order chi connectivity index (χ1) is 24.5. The molecule has 4 nitrogen and oxygen atoms in total. The van der Waals surface area contributed by atoms with Gasteiger partial charge in [-0.1, -0.05) is 121 Å². The van der Waals surface area contributed by atoms with Crippen LogP contribution in [0.3, 0.4) is 0 Å². The van der Waals surface area contributed by atoms with Crippen molar-refractivity contribution in [3.63, 3.8) is 0 Å². The van der Waals surface area contributed by atoms with Gasteiger partial charge in [-0.3, -0.25) is 9.59 Å². The van der Waals surface area contributed by atoms with Gasteiger partial charge in [0.1, 0.15) is 0 Å². The zero-order valence-corrected chi connectivity index (χ0v) is 27.7. The summed E-state index contributed by atoms with van der Waals surface area (Å²) in [5.74, 6) is 0. The lowest BCUT2D eigenvalue weighted by Gasteiger charge is -2.19. The van der Waals surface area contributed by atoms with Gasteiger partial charge in [0, 0.05) is 24.9 Å². The van der Waals surface area contributed by atoms with E-state index in [-0.39, 0.29) is 10.9 Å². The van der Waals surface area contributed by atoms with Crippen molar-refractivity contribution in [2.45, 2.75) is 0 Å². The van der Waals surface area contributed by atoms with Gasteiger partial charge in [0.2, 0.25) is 0 Å². The van der Waals surface area contributed by atoms with Gasteiger partial charge in [0.15, 0.2) is 10.9 Å². The quantitative estimate of drug-likeness (QED) is 0.179. The van der Waals surface area contributed by atoms with E-state index < -0.39 is 0 Å². The van der Waals surface area contributed by atoms with Crippen molar-refractivity contribution in [3.8, 4) is 44.5 Å². The molecule has 0 aliphatic heterocycles. The number of benzene rings is 7. The fourth-order valence-corrected chi connectivity index (χ4v) is 7.57. The summed E-state index contributed by atoms with van der Waals surface area (Å²) in [5, 5.41) is 2.48. The maximum Gasteiger partial charge on any atom is 0.197 e. The Morgan fingerprint density at radius 1 is 0.340 bits per heavy atom. The van der Waals surface area contributed by atoms with Crippen LogP contribution in [-0.4, -0.2) is 9.13 Å². The van der Waals surface area contributed by atoms with Crippen LogP contribution < -0.4 is 10.9 Å². The minimum absolute atomic E-state index is 0.0518. The Morgan fingerprint density at radius 3 is 1.00 bits per heavy atom. The number of fused-ring (bicyclic) bond motifs is 4. The first-order valence-corrected chi connectivity index (χ1v) is 16.8. The average Bonchev–Trinajstić information content (AvgIpc) is 3.19. The Labute approximate surface area is 288 Å². The van der Waals surface area contributed by atoms with Gasteiger partial charge in [0.25, 0.3) is 0 Å². The number of hydrogen-bond donors (Lipinski definition) is 0. The summed E-state index contributed by atoms with van der Waals surface area (Å²) in [6.07, 6.45) is 0. The molecule has 4 heteroatoms. The van der Waals surface area contributed by atoms with E-state index in [0.717, 1.165) is 66.6 Å². The molecule has 0 unspecified atom stereocenters. The first-order valence-electron chi connectivity index (χ1n) is 16.8. The van der Waals surface area contributed by atoms with Gasteiger partial charge >= 0.3 is 0 Å². The number of hydrogen-bond acceptors (Lipinski definition) is 2. The van der Waals surface area contributed by atoms with E-state index in [9.17, 15) is 9.59 Å². The second-order valence-electron chi connectivity index (χ2n) is 13.0. The van der Waals surface area contributed by atoms with E-state index in [0.29, 0.717) is 21.5 Å². The van der Waals surface area contributed by atoms with Gasteiger partial charge in [-0.25, -0.2) is 0 Å². The Kier molecular flexibility index (Phi) is 6.85. The smallest absolute Gasteiger partial charge is 0.197 e. The fraction of sp³-hybridized carbons (Fsp3) is 0.0435. The average molecular weight is 645 g/mol. The van der Waals surface area contributed by atoms with Crippen molar-refractivity contribution in [1.82, 2.24) is 9.13 Å². The summed E-state index contributed by atoms with van der Waals surface area (Å²) in [6.45, 7) is 0. The topological polar surface area (TPSA) is 44.0 Å². The molecule has 0 atom stereocenters. The van der Waals surface area contributed by atoms with Crippen LogP contribution in [0.4, 0.5) is 0 Å². The number of pyridine rings is 2. The highest BCUT2D eigenvalue weighted by Gasteiger charge is 2.20. The minimum Gasteiger partial charge on any atom is -0.343 e. The van der Waals surface area contributed by atoms with Crippen molar-refractivity contribution >= 4 is 43.6 Å². The monoisotopic (exact) mass is 644 g/mol. The predicted octanol–water partition coefficient (Wildman–Crippen LogP) is 10.4. The Hall–Kier alpha value is -6.52. The zero-order chi connectivity index (χ0) is 33.9. The number of nitrogens with zero attached hydrogens (tertiary/aromatic N) is 2. The molecule has 7 aromatic carbocycles. The summed E-state index contributed by atoms with van der Waals surface area (Å²) >= 11 is 0. The summed E-state index contributed by atoms with van der Waals surface area (Å²) in [5.41, 5.74) is 10.9. The molecule has 0 aliphatic carbocycles. The predicted molar refractivity (Wildman–Crippen MR) is 209 cm³/mol. The molecule has 0 amide bonds. The third-order valence-corrected chi connectivity index (χ3v) is 10.1. The van der Waals surface area contributed by atoms with Crippen molar-refractivity contribution in [1.29, 1.82) is 0 Å². The largest absolute Gasteiger partial charge is 0.343 e. The van der Waals surface area contributed by atoms with Crippen LogP contribution in [0.5, 0.6) is 0 Å². The van der Waals surface area contributed by atoms with Crippen molar-refractivity contribution < 1.29 is 0 Å². The van der Waals surface area contributed by atoms with E-state index in [1.54, 1.807) is 0 Å². The van der Waals surface area contributed by atoms with Crippen molar-refractivity contribution in [2.24, 2.45) is 14.1 Å². The summed E-state index contributed by atoms with van der Waals surface area (Å²) < 4.78 is 4.15. The van der Waals surface area contributed by atoms with E-state index in [1.165, 1.54) is 0 Å². The molecule has 9 rings (SSSR count). The lowest BCUT2D eigenvalue weighted by Crippen LogP contribution is -2.14. The molecule has 0 spiro atoms. The molecule has 0 saturated carbocycles. The Bertz CT molecular complexity index is 2690. The highest BCUT2D eigenvalue weighted by molar-refractivity contribution is 6.10. The molecular weight excluding hydrogens is 613 g/mol. The second-order valence-corrected chi connectivity index (χ2v) is 13.0. The molecule has 0 fully saturated rings. The number of aryl methyl sites for hydroxylation is 2. The van der Waals surface area contributed by atoms with Gasteiger partial charge in [-0.05, 0) is 80.9 Å². The molecular formula is C46H32N2O2. The van der Waals surface area contributed by atoms with Crippen LogP contribution in [0.15, 0.2) is 167 Å². The van der Waals surface area contributed by atoms with Crippen LogP contribution in [0, 0.1) is 0 Å². The summed E-state index contributed by atoms with van der Waals surface area (Å²) in [6, 6.07) is 53.0. The SMILES string of the molecule is Cn1c2cc3c(=O)c4c(-c5ccccc5)cc(-c5ccccc5)cc4n(C)c3cc2c(=O)c2c(-c3ccccc3)cc(-c3ccccc3)cc21. The number of rotatable bonds is 4. The molecule has 50 heavy (non-hydrogen) atoms. The molecule has 2 heterocycles. The molecule has 0 radical (unpaired) electrons. The normalized spacial score (nSPS) is 11.6. The highest BCUT2D eigenvalue weighted by atomic mass is 16.1. The Balaban J connectivity index is 1.42. The Morgan fingerprint density at radius 2 is 0.660 bits per heavy atom. The maximum absolute atomic E-state index is 14.8. The van der Waals surface area contributed by atoms with Crippen molar-refractivity contribution in [3.05, 3.63) is 178 Å². The molecule has 0 aliphatic rings. The lowest BCUT2D eigenvalue weighted by atomic mass is 9.92. The van der Waals surface area contributed by atoms with Gasteiger partial charge in [0.05, 0.1) is 32.8 Å². The lowest BCUT2D eigenvalue weighted by molar-refractivity contribution is 0.994. The molecule has 0 N–H and O–H groups in total. The molecule has 2 aromatic heterocycles. The standard InChI is InChI=1S/C46H32N2O2/c1-47-39-27-38-40(48(2)42-26-34(30-17-9-4-10-18-30)24-36(44(42)46(38)50)32-21-13-6-14-22-32)28-37(39)45(49)43-35(31-19-11-5-12-20-31)23-33(25-41(43)47)29-15-7-3-8-16-29/h3-28H,1-2H3. The van der Waals surface area contributed by atoms with Crippen LogP contribution >= 0.6 is 0 Å². The van der Waals surface area contributed by atoms with Crippen molar-refractivity contribution in [2.75, 3.05) is 0 Å². The fourth-order valence-electron chi connectivity index (χ4n) is 7.57. The summed E-state index contributed by atoms with van der Waals surface area (Å²) in [7, 11) is 3.99. The highest BCUT2D eigenvalue weighted by Crippen LogP contribution is 2.37. The van der Waals surface area contributed by atoms with Gasteiger partial charge in [-0.2, -0.15) is 0 Å². The summed E-state index contributed by atoms with van der Waals surface area (Å²) in [4.78, 5) is 29.5.